The van der Waals surface area contributed by atoms with Gasteiger partial charge in [-0.3, -0.25) is 4.90 Å². The molecule has 2 fully saturated rings. The number of ether oxygens (including phenoxy) is 1. The van der Waals surface area contributed by atoms with Gasteiger partial charge in [-0.25, -0.2) is 0 Å². The summed E-state index contributed by atoms with van der Waals surface area (Å²) in [5, 5.41) is 10.3. The van der Waals surface area contributed by atoms with Crippen LogP contribution in [0.25, 0.3) is 0 Å². The number of rotatable bonds is 4. The van der Waals surface area contributed by atoms with Crippen molar-refractivity contribution in [2.45, 2.75) is 25.9 Å². The Morgan fingerprint density at radius 3 is 2.35 bits per heavy atom. The van der Waals surface area contributed by atoms with Crippen molar-refractivity contribution in [3.63, 3.8) is 0 Å². The fraction of sp³-hybridized carbons (Fsp3) is 1.00. The molecule has 0 aliphatic carbocycles. The highest BCUT2D eigenvalue weighted by atomic mass is 16.5. The van der Waals surface area contributed by atoms with Crippen LogP contribution in [0.5, 0.6) is 0 Å². The van der Waals surface area contributed by atoms with Crippen LogP contribution in [0.2, 0.25) is 0 Å². The third-order valence-corrected chi connectivity index (χ3v) is 4.17. The van der Waals surface area contributed by atoms with Crippen molar-refractivity contribution in [3.8, 4) is 0 Å². The first-order chi connectivity index (χ1) is 8.29. The van der Waals surface area contributed by atoms with Crippen LogP contribution >= 0.6 is 0 Å². The molecule has 17 heavy (non-hydrogen) atoms. The van der Waals surface area contributed by atoms with Gasteiger partial charge in [0.1, 0.15) is 0 Å². The van der Waals surface area contributed by atoms with E-state index in [0.29, 0.717) is 5.92 Å². The SMILES string of the molecule is CCN1CCC(C(O)CN2CCOCC2)CC1. The lowest BCUT2D eigenvalue weighted by Gasteiger charge is -2.36. The lowest BCUT2D eigenvalue weighted by Crippen LogP contribution is -2.45. The summed E-state index contributed by atoms with van der Waals surface area (Å²) >= 11 is 0. The lowest BCUT2D eigenvalue weighted by molar-refractivity contribution is -0.00938. The Morgan fingerprint density at radius 2 is 1.76 bits per heavy atom. The van der Waals surface area contributed by atoms with Crippen molar-refractivity contribution in [3.05, 3.63) is 0 Å². The minimum Gasteiger partial charge on any atom is -0.392 e. The molecule has 0 spiro atoms. The molecule has 1 N–H and O–H groups in total. The van der Waals surface area contributed by atoms with Crippen LogP contribution in [-0.2, 0) is 4.74 Å². The van der Waals surface area contributed by atoms with E-state index in [0.717, 1.165) is 65.3 Å². The van der Waals surface area contributed by atoms with Gasteiger partial charge in [-0.15, -0.1) is 0 Å². The number of likely N-dealkylation sites (tertiary alicyclic amines) is 1. The number of piperidine rings is 1. The van der Waals surface area contributed by atoms with Gasteiger partial charge in [-0.05, 0) is 38.4 Å². The third-order valence-electron chi connectivity index (χ3n) is 4.17. The van der Waals surface area contributed by atoms with E-state index < -0.39 is 0 Å². The first kappa shape index (κ1) is 13.3. The van der Waals surface area contributed by atoms with Gasteiger partial charge in [-0.1, -0.05) is 6.92 Å². The van der Waals surface area contributed by atoms with Crippen molar-refractivity contribution in [2.75, 3.05) is 52.5 Å². The molecule has 0 aromatic heterocycles. The van der Waals surface area contributed by atoms with Crippen LogP contribution in [0.1, 0.15) is 19.8 Å². The van der Waals surface area contributed by atoms with Crippen LogP contribution in [0.15, 0.2) is 0 Å². The van der Waals surface area contributed by atoms with E-state index >= 15 is 0 Å². The number of aliphatic hydroxyl groups is 1. The summed E-state index contributed by atoms with van der Waals surface area (Å²) in [6.45, 7) is 10.1. The van der Waals surface area contributed by atoms with Crippen LogP contribution in [0.3, 0.4) is 0 Å². The summed E-state index contributed by atoms with van der Waals surface area (Å²) < 4.78 is 5.33. The molecular formula is C13H26N2O2. The van der Waals surface area contributed by atoms with Crippen molar-refractivity contribution < 1.29 is 9.84 Å². The average Bonchev–Trinajstić information content (AvgIpc) is 2.40. The smallest absolute Gasteiger partial charge is 0.0696 e. The normalized spacial score (nSPS) is 27.2. The highest BCUT2D eigenvalue weighted by Crippen LogP contribution is 2.21. The minimum absolute atomic E-state index is 0.146. The second-order valence-corrected chi connectivity index (χ2v) is 5.25. The Balaban J connectivity index is 1.70. The van der Waals surface area contributed by atoms with Gasteiger partial charge >= 0.3 is 0 Å². The number of hydrogen-bond acceptors (Lipinski definition) is 4. The van der Waals surface area contributed by atoms with Gasteiger partial charge in [0, 0.05) is 19.6 Å². The first-order valence-electron chi connectivity index (χ1n) is 7.00. The van der Waals surface area contributed by atoms with Crippen LogP contribution < -0.4 is 0 Å². The molecular weight excluding hydrogens is 216 g/mol. The van der Waals surface area contributed by atoms with Crippen molar-refractivity contribution in [1.82, 2.24) is 9.80 Å². The van der Waals surface area contributed by atoms with Gasteiger partial charge < -0.3 is 14.7 Å². The molecule has 0 radical (unpaired) electrons. The number of morpholine rings is 1. The maximum atomic E-state index is 10.3. The van der Waals surface area contributed by atoms with E-state index in [1.165, 1.54) is 0 Å². The Kier molecular flexibility index (Phi) is 5.22. The van der Waals surface area contributed by atoms with E-state index in [9.17, 15) is 5.11 Å². The molecule has 1 atom stereocenters. The maximum Gasteiger partial charge on any atom is 0.0696 e. The van der Waals surface area contributed by atoms with Gasteiger partial charge in [0.15, 0.2) is 0 Å². The zero-order chi connectivity index (χ0) is 12.1. The molecule has 2 heterocycles. The topological polar surface area (TPSA) is 35.9 Å². The fourth-order valence-electron chi connectivity index (χ4n) is 2.85. The van der Waals surface area contributed by atoms with E-state index in [-0.39, 0.29) is 6.10 Å². The highest BCUT2D eigenvalue weighted by Gasteiger charge is 2.26. The van der Waals surface area contributed by atoms with Crippen LogP contribution in [0, 0.1) is 5.92 Å². The van der Waals surface area contributed by atoms with E-state index in [1.54, 1.807) is 0 Å². The predicted octanol–water partition coefficient (Wildman–Crippen LogP) is 0.411. The zero-order valence-electron chi connectivity index (χ0n) is 11.0. The van der Waals surface area contributed by atoms with Crippen molar-refractivity contribution in [2.24, 2.45) is 5.92 Å². The Morgan fingerprint density at radius 1 is 1.12 bits per heavy atom. The predicted molar refractivity (Wildman–Crippen MR) is 68.1 cm³/mol. The fourth-order valence-corrected chi connectivity index (χ4v) is 2.85. The molecule has 2 aliphatic rings. The summed E-state index contributed by atoms with van der Waals surface area (Å²) in [6, 6.07) is 0. The molecule has 0 bridgehead atoms. The Bertz CT molecular complexity index is 211. The van der Waals surface area contributed by atoms with Crippen molar-refractivity contribution >= 4 is 0 Å². The monoisotopic (exact) mass is 242 g/mol. The van der Waals surface area contributed by atoms with Gasteiger partial charge in [-0.2, -0.15) is 0 Å². The zero-order valence-corrected chi connectivity index (χ0v) is 11.0. The highest BCUT2D eigenvalue weighted by molar-refractivity contribution is 4.79. The molecule has 0 aromatic carbocycles. The molecule has 1 unspecified atom stereocenters. The van der Waals surface area contributed by atoms with Crippen LogP contribution in [0.4, 0.5) is 0 Å². The van der Waals surface area contributed by atoms with Crippen LogP contribution in [-0.4, -0.2) is 73.5 Å². The Labute approximate surface area is 105 Å². The number of β-amino-alcohol motifs (C(OH)–C–C–N with tert-alkyl or cyclic N) is 1. The number of nitrogens with zero attached hydrogens (tertiary/aromatic N) is 2. The van der Waals surface area contributed by atoms with Gasteiger partial charge in [0.2, 0.25) is 0 Å². The minimum atomic E-state index is -0.146. The average molecular weight is 242 g/mol. The molecule has 4 nitrogen and oxygen atoms in total. The molecule has 100 valence electrons. The lowest BCUT2D eigenvalue weighted by atomic mass is 9.91. The number of hydrogen-bond donors (Lipinski definition) is 1. The second kappa shape index (κ2) is 6.69. The summed E-state index contributed by atoms with van der Waals surface area (Å²) in [6.07, 6.45) is 2.16. The molecule has 0 aromatic rings. The molecule has 0 amide bonds. The van der Waals surface area contributed by atoms with Crippen molar-refractivity contribution in [1.29, 1.82) is 0 Å². The summed E-state index contributed by atoms with van der Waals surface area (Å²) in [7, 11) is 0. The quantitative estimate of drug-likeness (QED) is 0.775. The first-order valence-corrected chi connectivity index (χ1v) is 7.00. The second-order valence-electron chi connectivity index (χ2n) is 5.25. The molecule has 2 rings (SSSR count). The summed E-state index contributed by atoms with van der Waals surface area (Å²) in [5.41, 5.74) is 0. The van der Waals surface area contributed by atoms with E-state index in [2.05, 4.69) is 16.7 Å². The Hall–Kier alpha value is -0.160. The standard InChI is InChI=1S/C13H26N2O2/c1-2-14-5-3-12(4-6-14)13(16)11-15-7-9-17-10-8-15/h12-13,16H,2-11H2,1H3. The molecule has 2 aliphatic heterocycles. The van der Waals surface area contributed by atoms with E-state index in [1.807, 2.05) is 0 Å². The van der Waals surface area contributed by atoms with Gasteiger partial charge in [0.25, 0.3) is 0 Å². The maximum absolute atomic E-state index is 10.3. The molecule has 4 heteroatoms. The van der Waals surface area contributed by atoms with E-state index in [4.69, 9.17) is 4.74 Å². The number of aliphatic hydroxyl groups excluding tert-OH is 1. The molecule has 0 saturated carbocycles. The van der Waals surface area contributed by atoms with Gasteiger partial charge in [0.05, 0.1) is 19.3 Å². The summed E-state index contributed by atoms with van der Waals surface area (Å²) in [5.74, 6) is 0.501. The largest absolute Gasteiger partial charge is 0.392 e. The third kappa shape index (κ3) is 3.91. The summed E-state index contributed by atoms with van der Waals surface area (Å²) in [4.78, 5) is 4.80. The molecule has 2 saturated heterocycles.